The summed E-state index contributed by atoms with van der Waals surface area (Å²) in [7, 11) is 2.05. The number of rotatable bonds is 4. The second-order valence-corrected chi connectivity index (χ2v) is 6.27. The van der Waals surface area contributed by atoms with E-state index in [1.165, 1.54) is 16.3 Å². The molecule has 2 heteroatoms. The summed E-state index contributed by atoms with van der Waals surface area (Å²) in [5.74, 6) is 0. The van der Waals surface area contributed by atoms with Gasteiger partial charge in [0.25, 0.3) is 0 Å². The maximum atomic E-state index is 4.36. The molecule has 0 aliphatic heterocycles. The largest absolute Gasteiger partial charge is 0.316 e. The van der Waals surface area contributed by atoms with E-state index in [2.05, 4.69) is 62.4 Å². The molecule has 0 bridgehead atoms. The summed E-state index contributed by atoms with van der Waals surface area (Å²) in [6, 6.07) is 9.01. The van der Waals surface area contributed by atoms with Gasteiger partial charge in [-0.05, 0) is 36.3 Å². The van der Waals surface area contributed by atoms with Crippen molar-refractivity contribution in [1.29, 1.82) is 0 Å². The summed E-state index contributed by atoms with van der Waals surface area (Å²) in [6.07, 6.45) is 6.16. The second-order valence-electron chi connectivity index (χ2n) is 6.27. The molecule has 19 heavy (non-hydrogen) atoms. The van der Waals surface area contributed by atoms with Crippen molar-refractivity contribution in [1.82, 2.24) is 10.3 Å². The van der Waals surface area contributed by atoms with Crippen LogP contribution in [0.5, 0.6) is 0 Å². The number of fused-ring (bicyclic) bond motifs is 1. The van der Waals surface area contributed by atoms with Crippen LogP contribution in [0.15, 0.2) is 36.7 Å². The maximum Gasteiger partial charge on any atom is 0.0346 e. The molecule has 1 atom stereocenters. The van der Waals surface area contributed by atoms with E-state index in [9.17, 15) is 0 Å². The lowest BCUT2D eigenvalue weighted by Crippen LogP contribution is -2.38. The van der Waals surface area contributed by atoms with Crippen molar-refractivity contribution in [3.63, 3.8) is 0 Å². The summed E-state index contributed by atoms with van der Waals surface area (Å²) in [4.78, 5) is 4.36. The quantitative estimate of drug-likeness (QED) is 0.900. The number of hydrogen-bond donors (Lipinski definition) is 1. The second kappa shape index (κ2) is 5.70. The minimum atomic E-state index is 0.284. The van der Waals surface area contributed by atoms with Gasteiger partial charge in [0, 0.05) is 23.8 Å². The zero-order valence-electron chi connectivity index (χ0n) is 12.4. The Morgan fingerprint density at radius 3 is 2.58 bits per heavy atom. The molecule has 0 aliphatic carbocycles. The van der Waals surface area contributed by atoms with Gasteiger partial charge in [-0.1, -0.05) is 45.0 Å². The van der Waals surface area contributed by atoms with E-state index in [-0.39, 0.29) is 5.41 Å². The summed E-state index contributed by atoms with van der Waals surface area (Å²) in [6.45, 7) is 6.86. The van der Waals surface area contributed by atoms with Crippen molar-refractivity contribution in [3.8, 4) is 0 Å². The van der Waals surface area contributed by atoms with E-state index in [4.69, 9.17) is 0 Å². The van der Waals surface area contributed by atoms with E-state index in [1.807, 2.05) is 12.4 Å². The first-order valence-corrected chi connectivity index (χ1v) is 7.01. The Morgan fingerprint density at radius 1 is 1.16 bits per heavy atom. The fourth-order valence-electron chi connectivity index (χ4n) is 2.69. The minimum absolute atomic E-state index is 0.284. The van der Waals surface area contributed by atoms with Crippen molar-refractivity contribution in [2.75, 3.05) is 7.05 Å². The van der Waals surface area contributed by atoms with E-state index >= 15 is 0 Å². The average Bonchev–Trinajstić information content (AvgIpc) is 2.38. The van der Waals surface area contributed by atoms with Crippen LogP contribution in [0.4, 0.5) is 0 Å². The van der Waals surface area contributed by atoms with Gasteiger partial charge in [0.15, 0.2) is 0 Å². The Balaban J connectivity index is 2.18. The molecule has 1 heterocycles. The molecule has 2 nitrogen and oxygen atoms in total. The molecule has 0 saturated carbocycles. The predicted octanol–water partition coefficient (Wildman–Crippen LogP) is 3.80. The van der Waals surface area contributed by atoms with Gasteiger partial charge in [0.2, 0.25) is 0 Å². The van der Waals surface area contributed by atoms with Crippen LogP contribution in [0.2, 0.25) is 0 Å². The number of nitrogens with zero attached hydrogens (tertiary/aromatic N) is 1. The van der Waals surface area contributed by atoms with Crippen LogP contribution < -0.4 is 5.32 Å². The number of pyridine rings is 1. The van der Waals surface area contributed by atoms with Crippen molar-refractivity contribution < 1.29 is 0 Å². The Morgan fingerprint density at radius 2 is 1.89 bits per heavy atom. The molecule has 1 unspecified atom stereocenters. The normalized spacial score (nSPS) is 13.7. The standard InChI is InChI=1S/C17H24N2/c1-17(2,3)16(18-4)10-9-14-12-19-11-13-7-5-6-8-15(13)14/h5-8,11-12,16,18H,9-10H2,1-4H3. The summed E-state index contributed by atoms with van der Waals surface area (Å²) in [5, 5.41) is 6.01. The molecule has 102 valence electrons. The van der Waals surface area contributed by atoms with Crippen molar-refractivity contribution in [2.45, 2.75) is 39.7 Å². The number of aromatic nitrogens is 1. The molecule has 0 amide bonds. The molecular weight excluding hydrogens is 232 g/mol. The maximum absolute atomic E-state index is 4.36. The van der Waals surface area contributed by atoms with Gasteiger partial charge in [-0.2, -0.15) is 0 Å². The van der Waals surface area contributed by atoms with E-state index in [1.54, 1.807) is 0 Å². The lowest BCUT2D eigenvalue weighted by molar-refractivity contribution is 0.268. The fraction of sp³-hybridized carbons (Fsp3) is 0.471. The van der Waals surface area contributed by atoms with Gasteiger partial charge in [-0.3, -0.25) is 4.98 Å². The summed E-state index contributed by atoms with van der Waals surface area (Å²) in [5.41, 5.74) is 1.63. The van der Waals surface area contributed by atoms with Gasteiger partial charge in [0.1, 0.15) is 0 Å². The van der Waals surface area contributed by atoms with E-state index in [0.29, 0.717) is 6.04 Å². The monoisotopic (exact) mass is 256 g/mol. The zero-order valence-corrected chi connectivity index (χ0v) is 12.4. The highest BCUT2D eigenvalue weighted by atomic mass is 14.9. The number of nitrogens with one attached hydrogen (secondary N) is 1. The SMILES string of the molecule is CNC(CCc1cncc2ccccc12)C(C)(C)C. The Kier molecular flexibility index (Phi) is 4.20. The van der Waals surface area contributed by atoms with Crippen LogP contribution in [-0.2, 0) is 6.42 Å². The first-order valence-electron chi connectivity index (χ1n) is 7.01. The topological polar surface area (TPSA) is 24.9 Å². The van der Waals surface area contributed by atoms with Crippen LogP contribution in [0.3, 0.4) is 0 Å². The number of hydrogen-bond acceptors (Lipinski definition) is 2. The molecule has 2 aromatic rings. The molecule has 0 fully saturated rings. The fourth-order valence-corrected chi connectivity index (χ4v) is 2.69. The smallest absolute Gasteiger partial charge is 0.0346 e. The van der Waals surface area contributed by atoms with Crippen LogP contribution >= 0.6 is 0 Å². The first-order chi connectivity index (χ1) is 9.02. The molecular formula is C17H24N2. The Hall–Kier alpha value is -1.41. The lowest BCUT2D eigenvalue weighted by atomic mass is 9.83. The minimum Gasteiger partial charge on any atom is -0.316 e. The van der Waals surface area contributed by atoms with Crippen LogP contribution in [0, 0.1) is 5.41 Å². The summed E-state index contributed by atoms with van der Waals surface area (Å²) >= 11 is 0. The summed E-state index contributed by atoms with van der Waals surface area (Å²) < 4.78 is 0. The first kappa shape index (κ1) is 14.0. The highest BCUT2D eigenvalue weighted by molar-refractivity contribution is 5.84. The molecule has 0 radical (unpaired) electrons. The van der Waals surface area contributed by atoms with Crippen molar-refractivity contribution in [2.24, 2.45) is 5.41 Å². The van der Waals surface area contributed by atoms with Gasteiger partial charge < -0.3 is 5.32 Å². The van der Waals surface area contributed by atoms with Crippen molar-refractivity contribution in [3.05, 3.63) is 42.2 Å². The molecule has 0 spiro atoms. The third-order valence-corrected chi connectivity index (χ3v) is 3.85. The number of aryl methyl sites for hydroxylation is 1. The van der Waals surface area contributed by atoms with Gasteiger partial charge in [-0.15, -0.1) is 0 Å². The average molecular weight is 256 g/mol. The van der Waals surface area contributed by atoms with Gasteiger partial charge in [0.05, 0.1) is 0 Å². The highest BCUT2D eigenvalue weighted by Crippen LogP contribution is 2.25. The van der Waals surface area contributed by atoms with Crippen LogP contribution in [0.25, 0.3) is 10.8 Å². The van der Waals surface area contributed by atoms with E-state index < -0.39 is 0 Å². The zero-order chi connectivity index (χ0) is 13.9. The predicted molar refractivity (Wildman–Crippen MR) is 82.4 cm³/mol. The third kappa shape index (κ3) is 3.32. The molecule has 0 saturated heterocycles. The lowest BCUT2D eigenvalue weighted by Gasteiger charge is -2.30. The number of benzene rings is 1. The molecule has 2 rings (SSSR count). The Bertz CT molecular complexity index is 535. The van der Waals surface area contributed by atoms with E-state index in [0.717, 1.165) is 12.8 Å². The van der Waals surface area contributed by atoms with Gasteiger partial charge in [-0.25, -0.2) is 0 Å². The van der Waals surface area contributed by atoms with Crippen LogP contribution in [-0.4, -0.2) is 18.1 Å². The molecule has 1 aromatic carbocycles. The van der Waals surface area contributed by atoms with Gasteiger partial charge >= 0.3 is 0 Å². The molecule has 0 aliphatic rings. The molecule has 1 N–H and O–H groups in total. The van der Waals surface area contributed by atoms with Crippen LogP contribution in [0.1, 0.15) is 32.8 Å². The Labute approximate surface area is 116 Å². The molecule has 1 aromatic heterocycles. The van der Waals surface area contributed by atoms with Crippen molar-refractivity contribution >= 4 is 10.8 Å². The highest BCUT2D eigenvalue weighted by Gasteiger charge is 2.22. The third-order valence-electron chi connectivity index (χ3n) is 3.85.